The van der Waals surface area contributed by atoms with Gasteiger partial charge in [-0.25, -0.2) is 4.79 Å². The summed E-state index contributed by atoms with van der Waals surface area (Å²) in [6, 6.07) is 3.05. The Morgan fingerprint density at radius 1 is 1.38 bits per heavy atom. The van der Waals surface area contributed by atoms with Crippen molar-refractivity contribution in [3.63, 3.8) is 0 Å². The maximum atomic E-state index is 11.1. The molecule has 1 aromatic rings. The number of hydrogen-bond acceptors (Lipinski definition) is 5. The van der Waals surface area contributed by atoms with Crippen LogP contribution in [0.2, 0.25) is 0 Å². The molecule has 0 bridgehead atoms. The Balaban J connectivity index is 2.38. The lowest BCUT2D eigenvalue weighted by Crippen LogP contribution is -2.41. The predicted octanol–water partition coefficient (Wildman–Crippen LogP) is -1.04. The summed E-state index contributed by atoms with van der Waals surface area (Å²) < 4.78 is 10.4. The van der Waals surface area contributed by atoms with E-state index in [0.717, 1.165) is 5.22 Å². The predicted molar refractivity (Wildman–Crippen MR) is 54.9 cm³/mol. The second-order valence-corrected chi connectivity index (χ2v) is 3.65. The molecule has 2 N–H and O–H groups in total. The van der Waals surface area contributed by atoms with E-state index in [1.807, 2.05) is 12.2 Å². The van der Waals surface area contributed by atoms with Crippen molar-refractivity contribution < 1.29 is 14.0 Å². The Bertz CT molecular complexity index is 628. The Labute approximate surface area is 90.0 Å². The summed E-state index contributed by atoms with van der Waals surface area (Å²) in [5.74, 6) is 5.62. The molecule has 2 unspecified atom stereocenters. The fourth-order valence-corrected chi connectivity index (χ4v) is 2.00. The van der Waals surface area contributed by atoms with Crippen molar-refractivity contribution in [3.05, 3.63) is 45.5 Å². The molecule has 0 aromatic carbocycles. The van der Waals surface area contributed by atoms with Crippen molar-refractivity contribution in [3.8, 4) is 0 Å². The second kappa shape index (κ2) is 3.24. The highest BCUT2D eigenvalue weighted by molar-refractivity contribution is 5.52. The molecule has 0 saturated carbocycles. The zero-order valence-electron chi connectivity index (χ0n) is 8.25. The van der Waals surface area contributed by atoms with Crippen LogP contribution in [0.1, 0.15) is 0 Å². The van der Waals surface area contributed by atoms with Gasteiger partial charge in [-0.05, 0) is 12.1 Å². The Kier molecular flexibility index (Phi) is 1.87. The number of fused-ring (bicyclic) bond motifs is 2. The van der Waals surface area contributed by atoms with E-state index in [-0.39, 0.29) is 12.0 Å². The molecule has 0 amide bonds. The van der Waals surface area contributed by atoms with Gasteiger partial charge in [-0.15, -0.1) is 0 Å². The van der Waals surface area contributed by atoms with Crippen LogP contribution in [0.3, 0.4) is 0 Å². The van der Waals surface area contributed by atoms with Gasteiger partial charge in [0.05, 0.1) is 6.26 Å². The highest BCUT2D eigenvalue weighted by Crippen LogP contribution is 2.26. The fourth-order valence-electron chi connectivity index (χ4n) is 2.00. The summed E-state index contributed by atoms with van der Waals surface area (Å²) >= 11 is 0. The smallest absolute Gasteiger partial charge is 0.336 e. The van der Waals surface area contributed by atoms with Gasteiger partial charge in [0.2, 0.25) is 5.76 Å². The average molecular weight is 219 g/mol. The molecule has 82 valence electrons. The van der Waals surface area contributed by atoms with E-state index >= 15 is 0 Å². The molecule has 0 fully saturated rings. The SMILES string of the molecule is NOC1=c2oc(=O)ccc2=CC2C=COC12. The molecule has 2 aliphatic rings. The number of rotatable bonds is 1. The minimum absolute atomic E-state index is 0.0683. The van der Waals surface area contributed by atoms with E-state index in [4.69, 9.17) is 19.9 Å². The Hall–Kier alpha value is -2.01. The highest BCUT2D eigenvalue weighted by Gasteiger charge is 2.32. The van der Waals surface area contributed by atoms with Gasteiger partial charge in [-0.1, -0.05) is 6.08 Å². The van der Waals surface area contributed by atoms with Crippen LogP contribution in [0, 0.1) is 5.92 Å². The first kappa shape index (κ1) is 9.23. The normalized spacial score (nSPS) is 25.4. The van der Waals surface area contributed by atoms with Gasteiger partial charge in [-0.3, -0.25) is 0 Å². The third-order valence-electron chi connectivity index (χ3n) is 2.72. The van der Waals surface area contributed by atoms with E-state index in [9.17, 15) is 4.79 Å². The molecule has 1 aliphatic carbocycles. The zero-order valence-corrected chi connectivity index (χ0v) is 8.25. The summed E-state index contributed by atoms with van der Waals surface area (Å²) in [5.41, 5.74) is -0.0916. The molecule has 1 aliphatic heterocycles. The first-order valence-corrected chi connectivity index (χ1v) is 4.84. The lowest BCUT2D eigenvalue weighted by atomic mass is 9.96. The van der Waals surface area contributed by atoms with Crippen LogP contribution >= 0.6 is 0 Å². The fraction of sp³-hybridized carbons (Fsp3) is 0.182. The Morgan fingerprint density at radius 2 is 2.25 bits per heavy atom. The summed E-state index contributed by atoms with van der Waals surface area (Å²) in [7, 11) is 0. The van der Waals surface area contributed by atoms with Crippen LogP contribution in [0.5, 0.6) is 0 Å². The van der Waals surface area contributed by atoms with Crippen molar-refractivity contribution in [2.24, 2.45) is 11.8 Å². The molecule has 1 aromatic heterocycles. The van der Waals surface area contributed by atoms with Crippen LogP contribution in [0.25, 0.3) is 11.8 Å². The Morgan fingerprint density at radius 3 is 3.06 bits per heavy atom. The van der Waals surface area contributed by atoms with E-state index in [1.54, 1.807) is 12.3 Å². The minimum atomic E-state index is -0.439. The molecule has 0 saturated heterocycles. The van der Waals surface area contributed by atoms with Crippen LogP contribution in [0.4, 0.5) is 0 Å². The zero-order chi connectivity index (χ0) is 11.1. The minimum Gasteiger partial charge on any atom is -0.489 e. The summed E-state index contributed by atoms with van der Waals surface area (Å²) in [4.78, 5) is 15.9. The van der Waals surface area contributed by atoms with Crippen LogP contribution in [-0.2, 0) is 9.57 Å². The topological polar surface area (TPSA) is 74.7 Å². The van der Waals surface area contributed by atoms with Gasteiger partial charge in [-0.2, -0.15) is 5.90 Å². The lowest BCUT2D eigenvalue weighted by molar-refractivity contribution is 0.136. The standard InChI is InChI=1S/C11H9NO4/c12-16-11-9-7(3-4-14-9)5-6-1-2-8(13)15-10(6)11/h1-5,7,9H,12H2. The highest BCUT2D eigenvalue weighted by atomic mass is 16.6. The summed E-state index contributed by atoms with van der Waals surface area (Å²) in [6.07, 6.45) is 5.12. The van der Waals surface area contributed by atoms with Crippen LogP contribution in [0.15, 0.2) is 33.7 Å². The average Bonchev–Trinajstić information content (AvgIpc) is 2.73. The van der Waals surface area contributed by atoms with Gasteiger partial charge < -0.3 is 14.0 Å². The lowest BCUT2D eigenvalue weighted by Gasteiger charge is -2.19. The third kappa shape index (κ3) is 1.18. The monoisotopic (exact) mass is 219 g/mol. The van der Waals surface area contributed by atoms with E-state index in [0.29, 0.717) is 11.2 Å². The van der Waals surface area contributed by atoms with Crippen molar-refractivity contribution in [2.75, 3.05) is 0 Å². The maximum Gasteiger partial charge on any atom is 0.336 e. The van der Waals surface area contributed by atoms with E-state index < -0.39 is 5.63 Å². The molecule has 5 heteroatoms. The largest absolute Gasteiger partial charge is 0.489 e. The molecular formula is C11H9NO4. The quantitative estimate of drug-likeness (QED) is 0.611. The molecule has 3 rings (SSSR count). The van der Waals surface area contributed by atoms with E-state index in [1.165, 1.54) is 6.07 Å². The van der Waals surface area contributed by atoms with Crippen LogP contribution in [-0.4, -0.2) is 6.10 Å². The van der Waals surface area contributed by atoms with Crippen molar-refractivity contribution in [1.82, 2.24) is 0 Å². The van der Waals surface area contributed by atoms with Crippen molar-refractivity contribution in [1.29, 1.82) is 0 Å². The first-order chi connectivity index (χ1) is 7.79. The number of nitrogens with two attached hydrogens (primary N) is 1. The maximum absolute atomic E-state index is 11.1. The molecule has 0 spiro atoms. The number of hydrogen-bond donors (Lipinski definition) is 1. The van der Waals surface area contributed by atoms with Gasteiger partial charge in [0.15, 0.2) is 11.5 Å². The van der Waals surface area contributed by atoms with E-state index in [2.05, 4.69) is 0 Å². The van der Waals surface area contributed by atoms with Gasteiger partial charge >= 0.3 is 5.63 Å². The van der Waals surface area contributed by atoms with Gasteiger partial charge in [0, 0.05) is 17.2 Å². The van der Waals surface area contributed by atoms with Crippen molar-refractivity contribution in [2.45, 2.75) is 6.10 Å². The third-order valence-corrected chi connectivity index (χ3v) is 2.72. The first-order valence-electron chi connectivity index (χ1n) is 4.84. The number of ether oxygens (including phenoxy) is 1. The summed E-state index contributed by atoms with van der Waals surface area (Å²) in [6.45, 7) is 0. The molecule has 0 radical (unpaired) electrons. The summed E-state index contributed by atoms with van der Waals surface area (Å²) in [5, 5.41) is 0.788. The molecule has 5 nitrogen and oxygen atoms in total. The van der Waals surface area contributed by atoms with Gasteiger partial charge in [0.25, 0.3) is 0 Å². The second-order valence-electron chi connectivity index (χ2n) is 3.65. The van der Waals surface area contributed by atoms with Gasteiger partial charge in [0.1, 0.15) is 0 Å². The molecular weight excluding hydrogens is 210 g/mol. The molecule has 2 atom stereocenters. The van der Waals surface area contributed by atoms with Crippen LogP contribution < -0.4 is 22.2 Å². The molecule has 2 heterocycles. The molecule has 16 heavy (non-hydrogen) atoms. The van der Waals surface area contributed by atoms with Crippen molar-refractivity contribution >= 4 is 11.8 Å².